The van der Waals surface area contributed by atoms with E-state index in [-0.39, 0.29) is 5.82 Å². The number of nitrogens with zero attached hydrogens (tertiary/aromatic N) is 2. The molecule has 2 unspecified atom stereocenters. The van der Waals surface area contributed by atoms with E-state index in [9.17, 15) is 4.39 Å². The highest BCUT2D eigenvalue weighted by molar-refractivity contribution is 5.79. The van der Waals surface area contributed by atoms with Gasteiger partial charge in [-0.1, -0.05) is 19.8 Å². The van der Waals surface area contributed by atoms with Gasteiger partial charge in [-0.15, -0.1) is 0 Å². The van der Waals surface area contributed by atoms with Crippen LogP contribution in [0.1, 0.15) is 50.6 Å². The molecule has 3 nitrogen and oxygen atoms in total. The van der Waals surface area contributed by atoms with Gasteiger partial charge in [0.15, 0.2) is 0 Å². The molecule has 0 aliphatic heterocycles. The molecule has 1 heterocycles. The number of hydrogen-bond donors (Lipinski definition) is 1. The fraction of sp³-hybridized carbons (Fsp3) is 0.562. The summed E-state index contributed by atoms with van der Waals surface area (Å²) >= 11 is 0. The van der Waals surface area contributed by atoms with Gasteiger partial charge >= 0.3 is 0 Å². The first-order chi connectivity index (χ1) is 9.56. The number of nitrogen functional groups attached to an aromatic ring is 1. The molecule has 1 aliphatic rings. The molecule has 1 aliphatic carbocycles. The smallest absolute Gasteiger partial charge is 0.201 e. The standard InChI is InChI=1S/C16H22FN3/c1-10-4-3-5-12(7-6-10)20-15-8-11(2)13(17)9-14(15)19-16(20)18/h8-10,12H,3-7H2,1-2H3,(H2,18,19). The molecule has 1 aromatic carbocycles. The lowest BCUT2D eigenvalue weighted by Gasteiger charge is -2.19. The van der Waals surface area contributed by atoms with Crippen LogP contribution in [0, 0.1) is 18.7 Å². The van der Waals surface area contributed by atoms with Crippen LogP contribution in [0.3, 0.4) is 0 Å². The van der Waals surface area contributed by atoms with Crippen LogP contribution in [-0.2, 0) is 0 Å². The van der Waals surface area contributed by atoms with E-state index in [1.54, 1.807) is 6.92 Å². The van der Waals surface area contributed by atoms with Gasteiger partial charge in [0, 0.05) is 12.1 Å². The number of aryl methyl sites for hydroxylation is 1. The minimum Gasteiger partial charge on any atom is -0.369 e. The second kappa shape index (κ2) is 5.08. The van der Waals surface area contributed by atoms with Crippen LogP contribution in [0.25, 0.3) is 11.0 Å². The zero-order chi connectivity index (χ0) is 14.3. The fourth-order valence-corrected chi connectivity index (χ4v) is 3.35. The summed E-state index contributed by atoms with van der Waals surface area (Å²) in [5.74, 6) is 1.09. The molecule has 20 heavy (non-hydrogen) atoms. The van der Waals surface area contributed by atoms with Crippen molar-refractivity contribution in [1.29, 1.82) is 0 Å². The average Bonchev–Trinajstić information content (AvgIpc) is 2.57. The van der Waals surface area contributed by atoms with Crippen LogP contribution in [0.2, 0.25) is 0 Å². The molecular formula is C16H22FN3. The van der Waals surface area contributed by atoms with E-state index >= 15 is 0 Å². The molecule has 1 aromatic heterocycles. The second-order valence-electron chi connectivity index (χ2n) is 6.20. The molecule has 1 fully saturated rings. The van der Waals surface area contributed by atoms with Crippen molar-refractivity contribution in [3.05, 3.63) is 23.5 Å². The minimum atomic E-state index is -0.211. The first-order valence-electron chi connectivity index (χ1n) is 7.50. The van der Waals surface area contributed by atoms with E-state index in [0.717, 1.165) is 24.3 Å². The van der Waals surface area contributed by atoms with E-state index < -0.39 is 0 Å². The molecule has 0 spiro atoms. The maximum atomic E-state index is 13.7. The lowest BCUT2D eigenvalue weighted by molar-refractivity contribution is 0.445. The van der Waals surface area contributed by atoms with E-state index in [2.05, 4.69) is 16.5 Å². The third kappa shape index (κ3) is 2.28. The van der Waals surface area contributed by atoms with Crippen molar-refractivity contribution in [2.24, 2.45) is 5.92 Å². The maximum absolute atomic E-state index is 13.7. The Kier molecular flexibility index (Phi) is 3.40. The van der Waals surface area contributed by atoms with Gasteiger partial charge in [0.2, 0.25) is 5.95 Å². The third-order valence-corrected chi connectivity index (χ3v) is 4.59. The fourth-order valence-electron chi connectivity index (χ4n) is 3.35. The van der Waals surface area contributed by atoms with E-state index in [4.69, 9.17) is 5.73 Å². The van der Waals surface area contributed by atoms with Gasteiger partial charge in [0.05, 0.1) is 11.0 Å². The van der Waals surface area contributed by atoms with Crippen molar-refractivity contribution in [2.75, 3.05) is 5.73 Å². The SMILES string of the molecule is Cc1cc2c(cc1F)nc(N)n2C1CCCC(C)CC1. The second-order valence-corrected chi connectivity index (χ2v) is 6.20. The third-order valence-electron chi connectivity index (χ3n) is 4.59. The normalized spacial score (nSPS) is 23.9. The first-order valence-corrected chi connectivity index (χ1v) is 7.50. The summed E-state index contributed by atoms with van der Waals surface area (Å²) in [6, 6.07) is 3.77. The number of benzene rings is 1. The molecule has 2 atom stereocenters. The van der Waals surface area contributed by atoms with Gasteiger partial charge in [-0.3, -0.25) is 0 Å². The summed E-state index contributed by atoms with van der Waals surface area (Å²) in [5.41, 5.74) is 8.40. The Morgan fingerprint density at radius 3 is 2.85 bits per heavy atom. The van der Waals surface area contributed by atoms with Crippen LogP contribution in [0.15, 0.2) is 12.1 Å². The van der Waals surface area contributed by atoms with Crippen molar-refractivity contribution < 1.29 is 4.39 Å². The first kappa shape index (κ1) is 13.4. The number of hydrogen-bond acceptors (Lipinski definition) is 2. The number of aromatic nitrogens is 2. The van der Waals surface area contributed by atoms with Crippen LogP contribution in [0.4, 0.5) is 10.3 Å². The average molecular weight is 275 g/mol. The molecule has 2 aromatic rings. The van der Waals surface area contributed by atoms with Gasteiger partial charge in [-0.05, 0) is 43.7 Å². The van der Waals surface area contributed by atoms with E-state index in [1.165, 1.54) is 25.3 Å². The van der Waals surface area contributed by atoms with Crippen molar-refractivity contribution in [3.8, 4) is 0 Å². The summed E-state index contributed by atoms with van der Waals surface area (Å²) in [6.07, 6.45) is 6.01. The summed E-state index contributed by atoms with van der Waals surface area (Å²) < 4.78 is 15.8. The van der Waals surface area contributed by atoms with Crippen molar-refractivity contribution in [1.82, 2.24) is 9.55 Å². The minimum absolute atomic E-state index is 0.211. The summed E-state index contributed by atoms with van der Waals surface area (Å²) in [7, 11) is 0. The highest BCUT2D eigenvalue weighted by Crippen LogP contribution is 2.34. The topological polar surface area (TPSA) is 43.8 Å². The lowest BCUT2D eigenvalue weighted by atomic mass is 10.0. The molecule has 0 radical (unpaired) electrons. The molecule has 0 bridgehead atoms. The zero-order valence-corrected chi connectivity index (χ0v) is 12.2. The molecule has 0 saturated heterocycles. The molecule has 4 heteroatoms. The highest BCUT2D eigenvalue weighted by atomic mass is 19.1. The number of nitrogens with two attached hydrogens (primary N) is 1. The van der Waals surface area contributed by atoms with E-state index in [1.807, 2.05) is 6.07 Å². The molecular weight excluding hydrogens is 253 g/mol. The molecule has 1 saturated carbocycles. The number of halogens is 1. The number of rotatable bonds is 1. The Morgan fingerprint density at radius 2 is 2.05 bits per heavy atom. The maximum Gasteiger partial charge on any atom is 0.201 e. The largest absolute Gasteiger partial charge is 0.369 e. The Labute approximate surface area is 119 Å². The monoisotopic (exact) mass is 275 g/mol. The molecule has 0 amide bonds. The summed E-state index contributed by atoms with van der Waals surface area (Å²) in [5, 5.41) is 0. The van der Waals surface area contributed by atoms with Crippen LogP contribution >= 0.6 is 0 Å². The number of anilines is 1. The molecule has 108 valence electrons. The number of fused-ring (bicyclic) bond motifs is 1. The lowest BCUT2D eigenvalue weighted by Crippen LogP contribution is -2.11. The molecule has 3 rings (SSSR count). The highest BCUT2D eigenvalue weighted by Gasteiger charge is 2.22. The van der Waals surface area contributed by atoms with Gasteiger partial charge < -0.3 is 10.3 Å². The number of imidazole rings is 1. The van der Waals surface area contributed by atoms with Gasteiger partial charge in [-0.2, -0.15) is 0 Å². The Hall–Kier alpha value is -1.58. The van der Waals surface area contributed by atoms with Crippen LogP contribution in [0.5, 0.6) is 0 Å². The zero-order valence-electron chi connectivity index (χ0n) is 12.2. The van der Waals surface area contributed by atoms with Gasteiger partial charge in [-0.25, -0.2) is 9.37 Å². The van der Waals surface area contributed by atoms with Crippen LogP contribution in [-0.4, -0.2) is 9.55 Å². The predicted octanol–water partition coefficient (Wildman–Crippen LogP) is 4.21. The summed E-state index contributed by atoms with van der Waals surface area (Å²) in [6.45, 7) is 4.11. The quantitative estimate of drug-likeness (QED) is 0.792. The van der Waals surface area contributed by atoms with Crippen molar-refractivity contribution >= 4 is 17.0 Å². The molecule has 2 N–H and O–H groups in total. The Morgan fingerprint density at radius 1 is 1.25 bits per heavy atom. The van der Waals surface area contributed by atoms with Gasteiger partial charge in [0.1, 0.15) is 5.82 Å². The van der Waals surface area contributed by atoms with Crippen LogP contribution < -0.4 is 5.73 Å². The Balaban J connectivity index is 2.06. The van der Waals surface area contributed by atoms with Crippen molar-refractivity contribution in [2.45, 2.75) is 52.0 Å². The van der Waals surface area contributed by atoms with Crippen molar-refractivity contribution in [3.63, 3.8) is 0 Å². The Bertz CT molecular complexity index is 632. The van der Waals surface area contributed by atoms with E-state index in [0.29, 0.717) is 23.1 Å². The summed E-state index contributed by atoms with van der Waals surface area (Å²) in [4.78, 5) is 4.34. The van der Waals surface area contributed by atoms with Gasteiger partial charge in [0.25, 0.3) is 0 Å². The predicted molar refractivity (Wildman–Crippen MR) is 80.1 cm³/mol.